The Labute approximate surface area is 79.6 Å². The Balaban J connectivity index is 2.50. The van der Waals surface area contributed by atoms with Gasteiger partial charge in [-0.05, 0) is 17.7 Å². The molecule has 1 aromatic heterocycles. The number of benzene rings is 1. The van der Waals surface area contributed by atoms with Gasteiger partial charge in [0, 0.05) is 5.39 Å². The van der Waals surface area contributed by atoms with E-state index in [-0.39, 0.29) is 0 Å². The molecule has 0 saturated carbocycles. The number of rotatable bonds is 2. The van der Waals surface area contributed by atoms with Crippen molar-refractivity contribution < 1.29 is 4.84 Å². The van der Waals surface area contributed by atoms with Gasteiger partial charge in [0.25, 0.3) is 0 Å². The predicted molar refractivity (Wildman–Crippen MR) is 50.1 cm³/mol. The van der Waals surface area contributed by atoms with Crippen molar-refractivity contribution in [3.8, 4) is 0 Å². The smallest absolute Gasteiger partial charge is 0.132 e. The molecule has 0 aliphatic rings. The van der Waals surface area contributed by atoms with Crippen LogP contribution in [0.25, 0.3) is 10.9 Å². The van der Waals surface area contributed by atoms with Crippen molar-refractivity contribution in [2.45, 2.75) is 6.61 Å². The number of nitrogens with one attached hydrogen (secondary N) is 1. The highest BCUT2D eigenvalue weighted by molar-refractivity contribution is 6.34. The number of H-pyrrole nitrogens is 1. The van der Waals surface area contributed by atoms with Gasteiger partial charge in [-0.1, -0.05) is 17.7 Å². The third kappa shape index (κ3) is 1.51. The van der Waals surface area contributed by atoms with Crippen LogP contribution in [0.4, 0.5) is 0 Å². The number of aromatic amines is 1. The third-order valence-electron chi connectivity index (χ3n) is 1.82. The number of nitrogens with two attached hydrogens (primary N) is 1. The summed E-state index contributed by atoms with van der Waals surface area (Å²) in [5.41, 5.74) is 1.79. The van der Waals surface area contributed by atoms with E-state index < -0.39 is 0 Å². The summed E-state index contributed by atoms with van der Waals surface area (Å²) in [7, 11) is 0. The van der Waals surface area contributed by atoms with Gasteiger partial charge in [-0.3, -0.25) is 9.94 Å². The van der Waals surface area contributed by atoms with Crippen molar-refractivity contribution in [3.63, 3.8) is 0 Å². The molecule has 2 rings (SSSR count). The Morgan fingerprint density at radius 1 is 1.54 bits per heavy atom. The molecule has 0 radical (unpaired) electrons. The molecule has 1 aromatic carbocycles. The van der Waals surface area contributed by atoms with Gasteiger partial charge in [-0.15, -0.1) is 0 Å². The highest BCUT2D eigenvalue weighted by Crippen LogP contribution is 2.21. The molecule has 3 N–H and O–H groups in total. The van der Waals surface area contributed by atoms with Crippen LogP contribution in [0.15, 0.2) is 18.2 Å². The van der Waals surface area contributed by atoms with Gasteiger partial charge in [0.1, 0.15) is 5.15 Å². The van der Waals surface area contributed by atoms with Crippen LogP contribution in [0.5, 0.6) is 0 Å². The summed E-state index contributed by atoms with van der Waals surface area (Å²) in [5.74, 6) is 4.96. The lowest BCUT2D eigenvalue weighted by molar-refractivity contribution is 0.124. The molecule has 13 heavy (non-hydrogen) atoms. The second kappa shape index (κ2) is 3.33. The van der Waals surface area contributed by atoms with Crippen LogP contribution in [0.2, 0.25) is 5.15 Å². The van der Waals surface area contributed by atoms with E-state index in [9.17, 15) is 0 Å². The summed E-state index contributed by atoms with van der Waals surface area (Å²) < 4.78 is 0. The Bertz CT molecular complexity index is 426. The second-order valence-corrected chi connectivity index (χ2v) is 3.08. The highest BCUT2D eigenvalue weighted by Gasteiger charge is 2.02. The van der Waals surface area contributed by atoms with E-state index in [1.807, 2.05) is 18.2 Å². The molecule has 0 fully saturated rings. The molecular formula is C8H8ClN3O. The lowest BCUT2D eigenvalue weighted by Gasteiger charge is -1.97. The molecule has 0 amide bonds. The number of aromatic nitrogens is 2. The van der Waals surface area contributed by atoms with Crippen molar-refractivity contribution in [1.82, 2.24) is 10.2 Å². The summed E-state index contributed by atoms with van der Waals surface area (Å²) in [6, 6.07) is 5.66. The Hall–Kier alpha value is -1.10. The van der Waals surface area contributed by atoms with Gasteiger partial charge in [0.2, 0.25) is 0 Å². The SMILES string of the molecule is NOCc1ccc2c(Cl)[nH]nc2c1. The maximum absolute atomic E-state index is 5.83. The lowest BCUT2D eigenvalue weighted by atomic mass is 10.2. The Morgan fingerprint density at radius 2 is 2.38 bits per heavy atom. The van der Waals surface area contributed by atoms with E-state index in [1.54, 1.807) is 0 Å². The van der Waals surface area contributed by atoms with Gasteiger partial charge in [-0.2, -0.15) is 5.10 Å². The van der Waals surface area contributed by atoms with Gasteiger partial charge in [0.05, 0.1) is 12.1 Å². The molecule has 0 spiro atoms. The minimum atomic E-state index is 0.375. The van der Waals surface area contributed by atoms with E-state index in [0.717, 1.165) is 16.5 Å². The van der Waals surface area contributed by atoms with Crippen LogP contribution in [0, 0.1) is 0 Å². The first kappa shape index (κ1) is 8.50. The van der Waals surface area contributed by atoms with Gasteiger partial charge in [-0.25, -0.2) is 5.90 Å². The molecule has 0 bridgehead atoms. The van der Waals surface area contributed by atoms with Crippen LogP contribution in [-0.4, -0.2) is 10.2 Å². The predicted octanol–water partition coefficient (Wildman–Crippen LogP) is 1.61. The van der Waals surface area contributed by atoms with E-state index in [1.165, 1.54) is 0 Å². The first-order chi connectivity index (χ1) is 6.31. The Morgan fingerprint density at radius 3 is 3.15 bits per heavy atom. The topological polar surface area (TPSA) is 63.9 Å². The molecule has 0 saturated heterocycles. The van der Waals surface area contributed by atoms with Crippen molar-refractivity contribution in [1.29, 1.82) is 0 Å². The molecule has 0 aliphatic carbocycles. The van der Waals surface area contributed by atoms with Crippen molar-refractivity contribution in [2.24, 2.45) is 5.90 Å². The quantitative estimate of drug-likeness (QED) is 0.719. The number of fused-ring (bicyclic) bond motifs is 1. The summed E-state index contributed by atoms with van der Waals surface area (Å²) >= 11 is 5.83. The molecule has 1 heterocycles. The van der Waals surface area contributed by atoms with Crippen LogP contribution >= 0.6 is 11.6 Å². The molecule has 0 atom stereocenters. The van der Waals surface area contributed by atoms with Gasteiger partial charge in [0.15, 0.2) is 0 Å². The first-order valence-electron chi connectivity index (χ1n) is 3.75. The monoisotopic (exact) mass is 197 g/mol. The fourth-order valence-electron chi connectivity index (χ4n) is 1.21. The van der Waals surface area contributed by atoms with Crippen LogP contribution in [0.3, 0.4) is 0 Å². The largest absolute Gasteiger partial charge is 0.300 e. The summed E-state index contributed by atoms with van der Waals surface area (Å²) in [6.45, 7) is 0.375. The van der Waals surface area contributed by atoms with E-state index in [0.29, 0.717) is 11.8 Å². The minimum Gasteiger partial charge on any atom is -0.300 e. The van der Waals surface area contributed by atoms with E-state index in [4.69, 9.17) is 17.5 Å². The van der Waals surface area contributed by atoms with E-state index >= 15 is 0 Å². The molecule has 68 valence electrons. The molecule has 4 nitrogen and oxygen atoms in total. The lowest BCUT2D eigenvalue weighted by Crippen LogP contribution is -1.98. The van der Waals surface area contributed by atoms with E-state index in [2.05, 4.69) is 15.0 Å². The molecule has 0 aliphatic heterocycles. The maximum atomic E-state index is 5.83. The molecular weight excluding hydrogens is 190 g/mol. The first-order valence-corrected chi connectivity index (χ1v) is 4.13. The Kier molecular flexibility index (Phi) is 2.18. The van der Waals surface area contributed by atoms with Crippen LogP contribution in [0.1, 0.15) is 5.56 Å². The molecule has 2 aromatic rings. The fourth-order valence-corrected chi connectivity index (χ4v) is 1.41. The standard InChI is InChI=1S/C8H8ClN3O/c9-8-6-2-1-5(4-13-10)3-7(6)11-12-8/h1-3H,4,10H2,(H,11,12). The summed E-state index contributed by atoms with van der Waals surface area (Å²) in [4.78, 5) is 4.51. The normalized spacial score (nSPS) is 10.9. The van der Waals surface area contributed by atoms with Gasteiger partial charge >= 0.3 is 0 Å². The zero-order valence-corrected chi connectivity index (χ0v) is 7.51. The third-order valence-corrected chi connectivity index (χ3v) is 2.11. The zero-order chi connectivity index (χ0) is 9.26. The van der Waals surface area contributed by atoms with Crippen LogP contribution < -0.4 is 5.90 Å². The zero-order valence-electron chi connectivity index (χ0n) is 6.75. The van der Waals surface area contributed by atoms with Crippen LogP contribution in [-0.2, 0) is 11.4 Å². The maximum Gasteiger partial charge on any atom is 0.132 e. The average Bonchev–Trinajstić information content (AvgIpc) is 2.48. The van der Waals surface area contributed by atoms with Crippen molar-refractivity contribution in [2.75, 3.05) is 0 Å². The average molecular weight is 198 g/mol. The molecule has 0 unspecified atom stereocenters. The highest BCUT2D eigenvalue weighted by atomic mass is 35.5. The van der Waals surface area contributed by atoms with Gasteiger partial charge < -0.3 is 0 Å². The summed E-state index contributed by atoms with van der Waals surface area (Å²) in [6.07, 6.45) is 0. The van der Waals surface area contributed by atoms with Crippen molar-refractivity contribution >= 4 is 22.5 Å². The fraction of sp³-hybridized carbons (Fsp3) is 0.125. The van der Waals surface area contributed by atoms with Crippen molar-refractivity contribution in [3.05, 3.63) is 28.9 Å². The number of hydrogen-bond acceptors (Lipinski definition) is 3. The summed E-state index contributed by atoms with van der Waals surface area (Å²) in [5, 5.41) is 8.15. The minimum absolute atomic E-state index is 0.375. The number of halogens is 1. The number of nitrogens with zero attached hydrogens (tertiary/aromatic N) is 1. The number of hydrogen-bond donors (Lipinski definition) is 2. The molecule has 5 heteroatoms. The second-order valence-electron chi connectivity index (χ2n) is 2.70.